The van der Waals surface area contributed by atoms with E-state index >= 15 is 0 Å². The average molecular weight is 493 g/mol. The molecule has 1 aromatic carbocycles. The van der Waals surface area contributed by atoms with Crippen molar-refractivity contribution in [3.8, 4) is 0 Å². The van der Waals surface area contributed by atoms with Gasteiger partial charge in [0.05, 0.1) is 5.39 Å². The van der Waals surface area contributed by atoms with Crippen molar-refractivity contribution in [1.29, 1.82) is 0 Å². The summed E-state index contributed by atoms with van der Waals surface area (Å²) in [5.74, 6) is 1.41. The Balaban J connectivity index is 1.19. The van der Waals surface area contributed by atoms with Crippen LogP contribution in [0.5, 0.6) is 0 Å². The van der Waals surface area contributed by atoms with Gasteiger partial charge in [-0.2, -0.15) is 0 Å². The third-order valence-corrected chi connectivity index (χ3v) is 8.89. The number of amides is 1. The number of nitrogens with zero attached hydrogens (tertiary/aromatic N) is 3. The molecule has 3 heterocycles. The highest BCUT2D eigenvalue weighted by molar-refractivity contribution is 7.18. The highest BCUT2D eigenvalue weighted by Crippen LogP contribution is 2.42. The molecule has 1 saturated heterocycles. The van der Waals surface area contributed by atoms with E-state index in [0.29, 0.717) is 24.6 Å². The molecule has 0 saturated carbocycles. The first-order valence-corrected chi connectivity index (χ1v) is 13.7. The Labute approximate surface area is 211 Å². The second-order valence-electron chi connectivity index (χ2n) is 11.1. The summed E-state index contributed by atoms with van der Waals surface area (Å²) in [6, 6.07) is 10.5. The molecule has 0 radical (unpaired) electrons. The summed E-state index contributed by atoms with van der Waals surface area (Å²) in [5, 5.41) is 0.780. The third kappa shape index (κ3) is 5.36. The van der Waals surface area contributed by atoms with Crippen LogP contribution in [-0.4, -0.2) is 51.9 Å². The fraction of sp³-hybridized carbons (Fsp3) is 0.536. The van der Waals surface area contributed by atoms with E-state index < -0.39 is 0 Å². The number of hydrogen-bond donors (Lipinski definition) is 1. The van der Waals surface area contributed by atoms with E-state index in [-0.39, 0.29) is 16.9 Å². The summed E-state index contributed by atoms with van der Waals surface area (Å²) in [6.45, 7) is 11.1. The second-order valence-corrected chi connectivity index (χ2v) is 12.2. The molecule has 2 aromatic heterocycles. The Bertz CT molecular complexity index is 1250. The van der Waals surface area contributed by atoms with Crippen molar-refractivity contribution >= 4 is 27.5 Å². The van der Waals surface area contributed by atoms with Gasteiger partial charge in [-0.05, 0) is 41.7 Å². The first-order valence-electron chi connectivity index (χ1n) is 12.9. The Hall–Kier alpha value is -2.51. The molecule has 0 spiro atoms. The van der Waals surface area contributed by atoms with Gasteiger partial charge in [-0.25, -0.2) is 4.98 Å². The smallest absolute Gasteiger partial charge is 0.259 e. The van der Waals surface area contributed by atoms with Crippen LogP contribution in [0.25, 0.3) is 10.2 Å². The third-order valence-electron chi connectivity index (χ3n) is 7.74. The summed E-state index contributed by atoms with van der Waals surface area (Å²) >= 11 is 1.68. The second kappa shape index (κ2) is 9.86. The number of nitrogens with one attached hydrogen (secondary N) is 1. The normalized spacial score (nSPS) is 19.2. The molecular weight excluding hydrogens is 456 g/mol. The SMILES string of the molecule is CC(C)(C)[C@H]1CCc2c(sc3nc(CCC(=O)N4CCN(Cc5ccccc5)CC4)[nH]c(=O)c23)C1. The molecule has 6 nitrogen and oxygen atoms in total. The van der Waals surface area contributed by atoms with Crippen LogP contribution in [0.3, 0.4) is 0 Å². The Kier molecular flexibility index (Phi) is 6.82. The number of aromatic nitrogens is 2. The summed E-state index contributed by atoms with van der Waals surface area (Å²) in [7, 11) is 0. The summed E-state index contributed by atoms with van der Waals surface area (Å²) < 4.78 is 0. The van der Waals surface area contributed by atoms with Gasteiger partial charge in [0.2, 0.25) is 5.91 Å². The highest BCUT2D eigenvalue weighted by atomic mass is 32.1. The van der Waals surface area contributed by atoms with Crippen molar-refractivity contribution in [2.45, 2.75) is 59.4 Å². The van der Waals surface area contributed by atoms with Crippen LogP contribution in [0, 0.1) is 11.3 Å². The number of H-pyrrole nitrogens is 1. The zero-order chi connectivity index (χ0) is 24.6. The summed E-state index contributed by atoms with van der Waals surface area (Å²) in [5.41, 5.74) is 2.74. The molecule has 1 atom stereocenters. The fourth-order valence-corrected chi connectivity index (χ4v) is 6.79. The minimum absolute atomic E-state index is 0.0429. The predicted octanol–water partition coefficient (Wildman–Crippen LogP) is 4.41. The predicted molar refractivity (Wildman–Crippen MR) is 142 cm³/mol. The van der Waals surface area contributed by atoms with E-state index in [2.05, 4.69) is 54.9 Å². The molecule has 0 unspecified atom stereocenters. The van der Waals surface area contributed by atoms with Gasteiger partial charge in [-0.1, -0.05) is 51.1 Å². The van der Waals surface area contributed by atoms with E-state index in [9.17, 15) is 9.59 Å². The number of aromatic amines is 1. The zero-order valence-electron chi connectivity index (χ0n) is 21.1. The molecule has 2 aliphatic rings. The molecule has 186 valence electrons. The van der Waals surface area contributed by atoms with Gasteiger partial charge >= 0.3 is 0 Å². The number of hydrogen-bond acceptors (Lipinski definition) is 5. The van der Waals surface area contributed by atoms with Gasteiger partial charge in [0.1, 0.15) is 10.7 Å². The number of piperazine rings is 1. The minimum atomic E-state index is -0.0429. The molecule has 35 heavy (non-hydrogen) atoms. The van der Waals surface area contributed by atoms with Crippen LogP contribution in [0.1, 0.15) is 55.4 Å². The van der Waals surface area contributed by atoms with Gasteiger partial charge in [0, 0.05) is 50.4 Å². The Morgan fingerprint density at radius 1 is 1.14 bits per heavy atom. The van der Waals surface area contributed by atoms with Gasteiger partial charge in [-0.3, -0.25) is 14.5 Å². The molecule has 7 heteroatoms. The van der Waals surface area contributed by atoms with Crippen molar-refractivity contribution in [3.05, 3.63) is 62.5 Å². The lowest BCUT2D eigenvalue weighted by atomic mass is 9.72. The van der Waals surface area contributed by atoms with Crippen molar-refractivity contribution in [2.75, 3.05) is 26.2 Å². The molecule has 3 aromatic rings. The molecule has 0 bridgehead atoms. The molecule has 1 N–H and O–H groups in total. The van der Waals surface area contributed by atoms with Gasteiger partial charge in [-0.15, -0.1) is 11.3 Å². The molecule has 1 aliphatic heterocycles. The lowest BCUT2D eigenvalue weighted by Crippen LogP contribution is -2.48. The zero-order valence-corrected chi connectivity index (χ0v) is 21.9. The van der Waals surface area contributed by atoms with Crippen molar-refractivity contribution < 1.29 is 4.79 Å². The molecule has 1 fully saturated rings. The molecule has 1 aliphatic carbocycles. The van der Waals surface area contributed by atoms with Crippen LogP contribution < -0.4 is 5.56 Å². The summed E-state index contributed by atoms with van der Waals surface area (Å²) in [4.78, 5) is 40.1. The number of rotatable bonds is 5. The van der Waals surface area contributed by atoms with Crippen molar-refractivity contribution in [3.63, 3.8) is 0 Å². The topological polar surface area (TPSA) is 69.3 Å². The highest BCUT2D eigenvalue weighted by Gasteiger charge is 2.31. The van der Waals surface area contributed by atoms with Gasteiger partial charge in [0.15, 0.2) is 0 Å². The van der Waals surface area contributed by atoms with Crippen molar-refractivity contribution in [1.82, 2.24) is 19.8 Å². The first kappa shape index (κ1) is 24.2. The van der Waals surface area contributed by atoms with E-state index in [1.165, 1.54) is 16.0 Å². The van der Waals surface area contributed by atoms with Crippen LogP contribution in [0.4, 0.5) is 0 Å². The number of carbonyl (C=O) groups excluding carboxylic acids is 1. The average Bonchev–Trinajstić information content (AvgIpc) is 3.21. The molecule has 5 rings (SSSR count). The monoisotopic (exact) mass is 492 g/mol. The number of carbonyl (C=O) groups is 1. The van der Waals surface area contributed by atoms with Gasteiger partial charge in [0.25, 0.3) is 5.56 Å². The maximum atomic E-state index is 13.0. The van der Waals surface area contributed by atoms with E-state index in [0.717, 1.165) is 62.2 Å². The van der Waals surface area contributed by atoms with E-state index in [1.54, 1.807) is 11.3 Å². The standard InChI is InChI=1S/C28H36N4O2S/c1-28(2,3)20-9-10-21-22(17-20)35-27-25(21)26(34)29-23(30-27)11-12-24(33)32-15-13-31(14-16-32)18-19-7-5-4-6-8-19/h4-8,20H,9-18H2,1-3H3,(H,29,30,34)/t20-/m0/s1. The number of fused-ring (bicyclic) bond motifs is 3. The van der Waals surface area contributed by atoms with Crippen molar-refractivity contribution in [2.24, 2.45) is 11.3 Å². The maximum Gasteiger partial charge on any atom is 0.259 e. The van der Waals surface area contributed by atoms with E-state index in [1.807, 2.05) is 11.0 Å². The number of aryl methyl sites for hydroxylation is 2. The minimum Gasteiger partial charge on any atom is -0.340 e. The van der Waals surface area contributed by atoms with Crippen LogP contribution in [0.2, 0.25) is 0 Å². The van der Waals surface area contributed by atoms with E-state index in [4.69, 9.17) is 4.98 Å². The first-order chi connectivity index (χ1) is 16.8. The van der Waals surface area contributed by atoms with Crippen LogP contribution in [-0.2, 0) is 30.6 Å². The number of thiophene rings is 1. The fourth-order valence-electron chi connectivity index (χ4n) is 5.47. The quantitative estimate of drug-likeness (QED) is 0.573. The van der Waals surface area contributed by atoms with Gasteiger partial charge < -0.3 is 9.88 Å². The van der Waals surface area contributed by atoms with Crippen LogP contribution >= 0.6 is 11.3 Å². The summed E-state index contributed by atoms with van der Waals surface area (Å²) in [6.07, 6.45) is 3.96. The number of benzene rings is 1. The Morgan fingerprint density at radius 3 is 2.60 bits per heavy atom. The largest absolute Gasteiger partial charge is 0.340 e. The van der Waals surface area contributed by atoms with Crippen LogP contribution in [0.15, 0.2) is 35.1 Å². The lowest BCUT2D eigenvalue weighted by Gasteiger charge is -2.34. The maximum absolute atomic E-state index is 13.0. The molecular formula is C28H36N4O2S. The Morgan fingerprint density at radius 2 is 1.89 bits per heavy atom. The lowest BCUT2D eigenvalue weighted by molar-refractivity contribution is -0.133. The molecule has 1 amide bonds.